The van der Waals surface area contributed by atoms with Gasteiger partial charge in [0.25, 0.3) is 0 Å². The van der Waals surface area contributed by atoms with Gasteiger partial charge in [-0.15, -0.1) is 0 Å². The van der Waals surface area contributed by atoms with Gasteiger partial charge in [0.1, 0.15) is 0 Å². The Labute approximate surface area is 88.9 Å². The van der Waals surface area contributed by atoms with Gasteiger partial charge in [0.2, 0.25) is 0 Å². The van der Waals surface area contributed by atoms with Gasteiger partial charge in [0.05, 0.1) is 11.2 Å². The molecule has 2 aromatic rings. The van der Waals surface area contributed by atoms with Crippen molar-refractivity contribution >= 4 is 22.7 Å². The largest absolute Gasteiger partial charge is 0.370 e. The molecule has 1 aliphatic heterocycles. The Balaban J connectivity index is 2.41. The van der Waals surface area contributed by atoms with Crippen LogP contribution in [0.1, 0.15) is 5.56 Å². The van der Waals surface area contributed by atoms with Crippen molar-refractivity contribution in [2.45, 2.75) is 0 Å². The average Bonchev–Trinajstić information content (AvgIpc) is 2.29. The summed E-state index contributed by atoms with van der Waals surface area (Å²) in [4.78, 5) is 6.64. The molecular weight excluding hydrogens is 184 g/mol. The summed E-state index contributed by atoms with van der Waals surface area (Å²) in [6.45, 7) is 0.973. The Morgan fingerprint density at radius 2 is 2.20 bits per heavy atom. The fraction of sp³-hybridized carbons (Fsp3) is 0.154. The van der Waals surface area contributed by atoms with Crippen LogP contribution in [0.4, 0.5) is 5.69 Å². The molecule has 2 nitrogen and oxygen atoms in total. The molecule has 0 spiro atoms. The fourth-order valence-electron chi connectivity index (χ4n) is 2.14. The normalized spacial score (nSPS) is 14.3. The van der Waals surface area contributed by atoms with Gasteiger partial charge in [-0.1, -0.05) is 18.2 Å². The molecule has 1 aliphatic rings. The number of fused-ring (bicyclic) bond motifs is 3. The van der Waals surface area contributed by atoms with Crippen LogP contribution >= 0.6 is 0 Å². The standard InChI is InChI=1S/C13H12N2/c1-15-9-3-4-10-6-7-12-11(13(10)15)5-2-8-14-12/h2-8H,9H2,1H3. The van der Waals surface area contributed by atoms with Crippen molar-refractivity contribution in [2.75, 3.05) is 18.5 Å². The molecule has 0 unspecified atom stereocenters. The molecule has 0 amide bonds. The second kappa shape index (κ2) is 3.09. The minimum Gasteiger partial charge on any atom is -0.370 e. The van der Waals surface area contributed by atoms with Crippen LogP contribution < -0.4 is 4.90 Å². The molecular formula is C13H12N2. The molecule has 0 saturated heterocycles. The summed E-state index contributed by atoms with van der Waals surface area (Å²) in [7, 11) is 2.12. The Morgan fingerprint density at radius 1 is 1.27 bits per heavy atom. The zero-order valence-electron chi connectivity index (χ0n) is 8.64. The SMILES string of the molecule is CN1CC=Cc2ccc3ncccc3c21. The van der Waals surface area contributed by atoms with Gasteiger partial charge in [0, 0.05) is 25.2 Å². The van der Waals surface area contributed by atoms with Crippen LogP contribution in [0, 0.1) is 0 Å². The summed E-state index contributed by atoms with van der Waals surface area (Å²) in [6, 6.07) is 8.35. The zero-order chi connectivity index (χ0) is 10.3. The van der Waals surface area contributed by atoms with Crippen LogP contribution in [-0.4, -0.2) is 18.6 Å². The number of anilines is 1. The Morgan fingerprint density at radius 3 is 3.13 bits per heavy atom. The molecule has 0 saturated carbocycles. The molecule has 1 aromatic heterocycles. The highest BCUT2D eigenvalue weighted by Gasteiger charge is 2.12. The Kier molecular flexibility index (Phi) is 1.75. The van der Waals surface area contributed by atoms with Crippen LogP contribution in [0.15, 0.2) is 36.5 Å². The molecule has 3 rings (SSSR count). The van der Waals surface area contributed by atoms with Crippen LogP contribution in [0.2, 0.25) is 0 Å². The lowest BCUT2D eigenvalue weighted by atomic mass is 10.0. The zero-order valence-corrected chi connectivity index (χ0v) is 8.64. The van der Waals surface area contributed by atoms with E-state index in [1.807, 2.05) is 12.3 Å². The summed E-state index contributed by atoms with van der Waals surface area (Å²) in [6.07, 6.45) is 6.21. The monoisotopic (exact) mass is 196 g/mol. The summed E-state index contributed by atoms with van der Waals surface area (Å²) in [5.41, 5.74) is 3.64. The number of pyridine rings is 1. The fourth-order valence-corrected chi connectivity index (χ4v) is 2.14. The third kappa shape index (κ3) is 1.22. The lowest BCUT2D eigenvalue weighted by Crippen LogP contribution is -2.20. The summed E-state index contributed by atoms with van der Waals surface area (Å²) < 4.78 is 0. The molecule has 2 heteroatoms. The number of aromatic nitrogens is 1. The van der Waals surface area contributed by atoms with E-state index in [4.69, 9.17) is 0 Å². The van der Waals surface area contributed by atoms with E-state index in [2.05, 4.69) is 47.3 Å². The van der Waals surface area contributed by atoms with Crippen molar-refractivity contribution in [1.29, 1.82) is 0 Å². The Bertz CT molecular complexity index is 543. The van der Waals surface area contributed by atoms with E-state index >= 15 is 0 Å². The second-order valence-electron chi connectivity index (χ2n) is 3.86. The summed E-state index contributed by atoms with van der Waals surface area (Å²) >= 11 is 0. The van der Waals surface area contributed by atoms with E-state index < -0.39 is 0 Å². The minimum atomic E-state index is 0.973. The van der Waals surface area contributed by atoms with Gasteiger partial charge in [-0.3, -0.25) is 4.98 Å². The van der Waals surface area contributed by atoms with E-state index in [9.17, 15) is 0 Å². The molecule has 0 bridgehead atoms. The minimum absolute atomic E-state index is 0.973. The van der Waals surface area contributed by atoms with Crippen LogP contribution in [0.25, 0.3) is 17.0 Å². The van der Waals surface area contributed by atoms with Crippen LogP contribution in [-0.2, 0) is 0 Å². The number of hydrogen-bond acceptors (Lipinski definition) is 2. The molecule has 0 N–H and O–H groups in total. The number of benzene rings is 1. The predicted molar refractivity (Wildman–Crippen MR) is 64.0 cm³/mol. The molecule has 0 radical (unpaired) electrons. The highest BCUT2D eigenvalue weighted by atomic mass is 15.1. The van der Waals surface area contributed by atoms with Crippen molar-refractivity contribution in [3.63, 3.8) is 0 Å². The quantitative estimate of drug-likeness (QED) is 0.644. The first-order valence-corrected chi connectivity index (χ1v) is 5.12. The van der Waals surface area contributed by atoms with Crippen molar-refractivity contribution < 1.29 is 0 Å². The van der Waals surface area contributed by atoms with Gasteiger partial charge >= 0.3 is 0 Å². The van der Waals surface area contributed by atoms with E-state index in [0.29, 0.717) is 0 Å². The maximum absolute atomic E-state index is 4.37. The van der Waals surface area contributed by atoms with E-state index in [1.54, 1.807) is 0 Å². The van der Waals surface area contributed by atoms with Gasteiger partial charge in [-0.05, 0) is 23.8 Å². The predicted octanol–water partition coefficient (Wildman–Crippen LogP) is 2.70. The van der Waals surface area contributed by atoms with Crippen LogP contribution in [0.3, 0.4) is 0 Å². The van der Waals surface area contributed by atoms with E-state index in [1.165, 1.54) is 16.6 Å². The van der Waals surface area contributed by atoms with E-state index in [-0.39, 0.29) is 0 Å². The van der Waals surface area contributed by atoms with Crippen molar-refractivity contribution in [3.8, 4) is 0 Å². The smallest absolute Gasteiger partial charge is 0.0723 e. The first-order chi connectivity index (χ1) is 7.36. The summed E-state index contributed by atoms with van der Waals surface area (Å²) in [5, 5.41) is 1.24. The Hall–Kier alpha value is -1.83. The lowest BCUT2D eigenvalue weighted by Gasteiger charge is -2.25. The lowest BCUT2D eigenvalue weighted by molar-refractivity contribution is 1.03. The van der Waals surface area contributed by atoms with Gasteiger partial charge < -0.3 is 4.90 Å². The van der Waals surface area contributed by atoms with Crippen LogP contribution in [0.5, 0.6) is 0 Å². The summed E-state index contributed by atoms with van der Waals surface area (Å²) in [5.74, 6) is 0. The molecule has 1 aromatic carbocycles. The molecule has 74 valence electrons. The molecule has 0 atom stereocenters. The molecule has 2 heterocycles. The maximum atomic E-state index is 4.37. The highest BCUT2D eigenvalue weighted by molar-refractivity contribution is 5.97. The molecule has 0 aliphatic carbocycles. The van der Waals surface area contributed by atoms with Crippen molar-refractivity contribution in [3.05, 3.63) is 42.1 Å². The van der Waals surface area contributed by atoms with Crippen molar-refractivity contribution in [1.82, 2.24) is 4.98 Å². The highest BCUT2D eigenvalue weighted by Crippen LogP contribution is 2.32. The number of hydrogen-bond donors (Lipinski definition) is 0. The first-order valence-electron chi connectivity index (χ1n) is 5.12. The third-order valence-electron chi connectivity index (χ3n) is 2.85. The maximum Gasteiger partial charge on any atom is 0.0723 e. The second-order valence-corrected chi connectivity index (χ2v) is 3.86. The number of rotatable bonds is 0. The number of likely N-dealkylation sites (N-methyl/N-ethyl adjacent to an activating group) is 1. The van der Waals surface area contributed by atoms with E-state index in [0.717, 1.165) is 12.1 Å². The number of nitrogens with zero attached hydrogens (tertiary/aromatic N) is 2. The first kappa shape index (κ1) is 8.48. The van der Waals surface area contributed by atoms with Gasteiger partial charge in [-0.25, -0.2) is 0 Å². The average molecular weight is 196 g/mol. The molecule has 0 fully saturated rings. The topological polar surface area (TPSA) is 16.1 Å². The van der Waals surface area contributed by atoms with Gasteiger partial charge in [0.15, 0.2) is 0 Å². The molecule has 15 heavy (non-hydrogen) atoms. The van der Waals surface area contributed by atoms with Gasteiger partial charge in [-0.2, -0.15) is 0 Å². The third-order valence-corrected chi connectivity index (χ3v) is 2.85. The van der Waals surface area contributed by atoms with Crippen molar-refractivity contribution in [2.24, 2.45) is 0 Å².